The number of fused-ring (bicyclic) bond motifs is 1. The number of benzene rings is 2. The van der Waals surface area contributed by atoms with Crippen LogP contribution in [-0.2, 0) is 15.0 Å². The minimum atomic E-state index is -0.332. The average Bonchev–Trinajstić information content (AvgIpc) is 3.21. The zero-order chi connectivity index (χ0) is 29.2. The number of nitrogens with one attached hydrogen (secondary N) is 1. The van der Waals surface area contributed by atoms with E-state index >= 15 is 0 Å². The molecule has 2 amide bonds. The molecule has 0 spiro atoms. The molecule has 1 aromatic heterocycles. The molecular formula is C31H41N5O3S. The van der Waals surface area contributed by atoms with Gasteiger partial charge in [-0.15, -0.1) is 11.8 Å². The molecular weight excluding hydrogens is 522 g/mol. The quantitative estimate of drug-likeness (QED) is 0.430. The molecule has 214 valence electrons. The summed E-state index contributed by atoms with van der Waals surface area (Å²) in [6.07, 6.45) is 0. The molecule has 9 heteroatoms. The van der Waals surface area contributed by atoms with Crippen LogP contribution in [0.25, 0.3) is 5.69 Å². The second-order valence-corrected chi connectivity index (χ2v) is 12.7. The molecule has 0 saturated carbocycles. The number of para-hydroxylation sites is 1. The highest BCUT2D eigenvalue weighted by atomic mass is 32.2. The number of thioether (sulfide) groups is 1. The fraction of sp³-hybridized carbons (Fsp3) is 0.452. The molecule has 8 nitrogen and oxygen atoms in total. The Morgan fingerprint density at radius 1 is 1.18 bits per heavy atom. The minimum absolute atomic E-state index is 0.0847. The Hall–Kier alpha value is -3.30. The predicted molar refractivity (Wildman–Crippen MR) is 163 cm³/mol. The molecule has 3 aromatic rings. The Balaban J connectivity index is 1.97. The lowest BCUT2D eigenvalue weighted by atomic mass is 9.87. The van der Waals surface area contributed by atoms with Crippen LogP contribution in [0, 0.1) is 13.8 Å². The number of ether oxygens (including phenoxy) is 1. The van der Waals surface area contributed by atoms with Gasteiger partial charge in [-0.3, -0.25) is 14.5 Å². The van der Waals surface area contributed by atoms with Crippen LogP contribution < -0.4 is 15.0 Å². The SMILES string of the molecule is COc1ccccc1C1SCC(=O)N(CC(=O)NCCN(C)C)c2c1c(C(C)(C)C)nn2-c1ccc(C)cc1C. The molecule has 1 aliphatic heterocycles. The Bertz CT molecular complexity index is 1390. The average molecular weight is 564 g/mol. The van der Waals surface area contributed by atoms with Crippen molar-refractivity contribution >= 4 is 29.4 Å². The van der Waals surface area contributed by atoms with E-state index in [9.17, 15) is 9.59 Å². The number of aromatic nitrogens is 2. The first kappa shape index (κ1) is 29.7. The summed E-state index contributed by atoms with van der Waals surface area (Å²) in [6.45, 7) is 11.7. The lowest BCUT2D eigenvalue weighted by Crippen LogP contribution is -2.43. The van der Waals surface area contributed by atoms with Gasteiger partial charge in [0.1, 0.15) is 18.1 Å². The van der Waals surface area contributed by atoms with Crippen LogP contribution in [0.1, 0.15) is 54.0 Å². The van der Waals surface area contributed by atoms with Gasteiger partial charge in [0, 0.05) is 29.6 Å². The molecule has 2 aromatic carbocycles. The highest BCUT2D eigenvalue weighted by molar-refractivity contribution is 8.00. The van der Waals surface area contributed by atoms with Crippen molar-refractivity contribution in [1.29, 1.82) is 0 Å². The van der Waals surface area contributed by atoms with Crippen LogP contribution >= 0.6 is 11.8 Å². The molecule has 1 atom stereocenters. The summed E-state index contributed by atoms with van der Waals surface area (Å²) in [5.74, 6) is 1.29. The molecule has 4 rings (SSSR count). The molecule has 40 heavy (non-hydrogen) atoms. The lowest BCUT2D eigenvalue weighted by Gasteiger charge is -2.25. The number of carbonyl (C=O) groups is 2. The fourth-order valence-electron chi connectivity index (χ4n) is 5.03. The largest absolute Gasteiger partial charge is 0.496 e. The number of hydrogen-bond donors (Lipinski definition) is 1. The van der Waals surface area contributed by atoms with E-state index < -0.39 is 0 Å². The molecule has 2 heterocycles. The topological polar surface area (TPSA) is 79.7 Å². The molecule has 1 unspecified atom stereocenters. The van der Waals surface area contributed by atoms with Crippen LogP contribution in [0.5, 0.6) is 5.75 Å². The summed E-state index contributed by atoms with van der Waals surface area (Å²) in [5, 5.41) is 7.97. The van der Waals surface area contributed by atoms with Gasteiger partial charge in [0.05, 0.1) is 29.5 Å². The van der Waals surface area contributed by atoms with Crippen molar-refractivity contribution in [1.82, 2.24) is 20.0 Å². The molecule has 0 saturated heterocycles. The van der Waals surface area contributed by atoms with E-state index in [-0.39, 0.29) is 34.8 Å². The smallest absolute Gasteiger partial charge is 0.240 e. The van der Waals surface area contributed by atoms with Gasteiger partial charge in [-0.2, -0.15) is 5.10 Å². The lowest BCUT2D eigenvalue weighted by molar-refractivity contribution is -0.122. The van der Waals surface area contributed by atoms with Gasteiger partial charge in [-0.05, 0) is 45.6 Å². The number of aryl methyl sites for hydroxylation is 2. The van der Waals surface area contributed by atoms with Gasteiger partial charge < -0.3 is 15.0 Å². The van der Waals surface area contributed by atoms with Crippen LogP contribution in [-0.4, -0.2) is 73.1 Å². The van der Waals surface area contributed by atoms with Gasteiger partial charge in [-0.25, -0.2) is 4.68 Å². The van der Waals surface area contributed by atoms with E-state index in [1.165, 1.54) is 0 Å². The van der Waals surface area contributed by atoms with E-state index in [1.54, 1.807) is 23.8 Å². The van der Waals surface area contributed by atoms with E-state index in [2.05, 4.69) is 58.1 Å². The number of nitrogens with zero attached hydrogens (tertiary/aromatic N) is 4. The normalized spacial score (nSPS) is 15.7. The molecule has 0 radical (unpaired) electrons. The van der Waals surface area contributed by atoms with E-state index in [0.717, 1.165) is 39.4 Å². The first-order valence-electron chi connectivity index (χ1n) is 13.6. The minimum Gasteiger partial charge on any atom is -0.496 e. The van der Waals surface area contributed by atoms with Crippen LogP contribution in [0.2, 0.25) is 0 Å². The van der Waals surface area contributed by atoms with Gasteiger partial charge in [-0.1, -0.05) is 56.7 Å². The second-order valence-electron chi connectivity index (χ2n) is 11.6. The predicted octanol–water partition coefficient (Wildman–Crippen LogP) is 4.64. The first-order chi connectivity index (χ1) is 18.9. The van der Waals surface area contributed by atoms with Gasteiger partial charge in [0.2, 0.25) is 11.8 Å². The molecule has 0 fully saturated rings. The summed E-state index contributed by atoms with van der Waals surface area (Å²) in [7, 11) is 5.59. The Morgan fingerprint density at radius 3 is 2.55 bits per heavy atom. The molecule has 0 bridgehead atoms. The van der Waals surface area contributed by atoms with Crippen molar-refractivity contribution in [3.05, 3.63) is 70.4 Å². The fourth-order valence-corrected chi connectivity index (χ4v) is 6.25. The highest BCUT2D eigenvalue weighted by Crippen LogP contribution is 2.50. The third-order valence-electron chi connectivity index (χ3n) is 6.98. The van der Waals surface area contributed by atoms with E-state index in [4.69, 9.17) is 9.84 Å². The third-order valence-corrected chi connectivity index (χ3v) is 8.22. The van der Waals surface area contributed by atoms with Gasteiger partial charge >= 0.3 is 0 Å². The van der Waals surface area contributed by atoms with Crippen molar-refractivity contribution in [2.75, 3.05) is 51.5 Å². The van der Waals surface area contributed by atoms with Crippen molar-refractivity contribution in [3.8, 4) is 11.4 Å². The number of hydrogen-bond acceptors (Lipinski definition) is 6. The standard InChI is InChI=1S/C31H41N5O3S/c1-20-13-14-23(21(2)17-20)36-30-27(29(33-36)31(3,4)5)28(22-11-9-10-12-24(22)39-8)40-19-26(38)35(30)18-25(37)32-15-16-34(6)7/h9-14,17,28H,15-16,18-19H2,1-8H3,(H,32,37). The van der Waals surface area contributed by atoms with E-state index in [0.29, 0.717) is 18.9 Å². The second kappa shape index (κ2) is 12.1. The van der Waals surface area contributed by atoms with E-state index in [1.807, 2.05) is 47.9 Å². The molecule has 0 aliphatic carbocycles. The maximum Gasteiger partial charge on any atom is 0.240 e. The highest BCUT2D eigenvalue weighted by Gasteiger charge is 2.40. The first-order valence-corrected chi connectivity index (χ1v) is 14.6. The van der Waals surface area contributed by atoms with Crippen molar-refractivity contribution in [2.45, 2.75) is 45.3 Å². The summed E-state index contributed by atoms with van der Waals surface area (Å²) in [6, 6.07) is 14.1. The monoisotopic (exact) mass is 563 g/mol. The van der Waals surface area contributed by atoms with Crippen LogP contribution in [0.3, 0.4) is 0 Å². The van der Waals surface area contributed by atoms with Crippen molar-refractivity contribution in [2.24, 2.45) is 0 Å². The van der Waals surface area contributed by atoms with Gasteiger partial charge in [0.25, 0.3) is 0 Å². The number of amides is 2. The zero-order valence-corrected chi connectivity index (χ0v) is 25.7. The zero-order valence-electron chi connectivity index (χ0n) is 24.9. The molecule has 1 aliphatic rings. The van der Waals surface area contributed by atoms with Crippen molar-refractivity contribution in [3.63, 3.8) is 0 Å². The Morgan fingerprint density at radius 2 is 1.90 bits per heavy atom. The number of methoxy groups -OCH3 is 1. The maximum absolute atomic E-state index is 13.9. The summed E-state index contributed by atoms with van der Waals surface area (Å²) in [5.41, 5.74) is 5.54. The molecule has 1 N–H and O–H groups in total. The third kappa shape index (κ3) is 6.20. The van der Waals surface area contributed by atoms with Gasteiger partial charge in [0.15, 0.2) is 0 Å². The number of rotatable bonds is 8. The number of carbonyl (C=O) groups excluding carboxylic acids is 2. The Labute approximate surface area is 242 Å². The number of likely N-dealkylation sites (N-methyl/N-ethyl adjacent to an activating group) is 1. The summed E-state index contributed by atoms with van der Waals surface area (Å²) < 4.78 is 7.66. The van der Waals surface area contributed by atoms with Crippen LogP contribution in [0.4, 0.5) is 5.82 Å². The summed E-state index contributed by atoms with van der Waals surface area (Å²) >= 11 is 1.55. The summed E-state index contributed by atoms with van der Waals surface area (Å²) in [4.78, 5) is 30.7. The number of anilines is 1. The Kier molecular flexibility index (Phi) is 8.95. The van der Waals surface area contributed by atoms with Crippen LogP contribution in [0.15, 0.2) is 42.5 Å². The van der Waals surface area contributed by atoms with Crippen molar-refractivity contribution < 1.29 is 14.3 Å². The maximum atomic E-state index is 13.9.